The van der Waals surface area contributed by atoms with Gasteiger partial charge in [-0.15, -0.1) is 0 Å². The van der Waals surface area contributed by atoms with Crippen LogP contribution in [0.3, 0.4) is 0 Å². The minimum absolute atomic E-state index is 1.06. The van der Waals surface area contributed by atoms with Gasteiger partial charge in [-0.2, -0.15) is 0 Å². The highest BCUT2D eigenvalue weighted by Gasteiger charge is 2.00. The fourth-order valence-corrected chi connectivity index (χ4v) is 1.60. The Morgan fingerprint density at radius 3 is 2.86 bits per heavy atom. The molecule has 1 heterocycles. The third-order valence-corrected chi connectivity index (χ3v) is 2.50. The van der Waals surface area contributed by atoms with Crippen LogP contribution in [0.4, 0.5) is 0 Å². The second-order valence-corrected chi connectivity index (χ2v) is 3.35. The first-order chi connectivity index (χ1) is 6.83. The molecule has 0 aliphatic carbocycles. The molecule has 0 atom stereocenters. The van der Waals surface area contributed by atoms with E-state index in [2.05, 4.69) is 43.1 Å². The zero-order valence-corrected chi connectivity index (χ0v) is 8.49. The van der Waals surface area contributed by atoms with Gasteiger partial charge in [-0.3, -0.25) is 4.98 Å². The molecule has 0 radical (unpaired) electrons. The first kappa shape index (κ1) is 8.95. The van der Waals surface area contributed by atoms with E-state index in [-0.39, 0.29) is 0 Å². The molecule has 0 fully saturated rings. The number of nitrogens with zero attached hydrogens (tertiary/aromatic N) is 1. The molecule has 0 bridgehead atoms. The number of pyridine rings is 1. The highest BCUT2D eigenvalue weighted by Crippen LogP contribution is 2.22. The van der Waals surface area contributed by atoms with Crippen LogP contribution in [0.15, 0.2) is 42.6 Å². The molecule has 0 aliphatic rings. The van der Waals surface area contributed by atoms with Crippen molar-refractivity contribution in [2.45, 2.75) is 13.8 Å². The first-order valence-corrected chi connectivity index (χ1v) is 4.80. The molecule has 0 amide bonds. The zero-order valence-electron chi connectivity index (χ0n) is 8.49. The molecule has 1 aromatic heterocycles. The first-order valence-electron chi connectivity index (χ1n) is 4.80. The van der Waals surface area contributed by atoms with E-state index >= 15 is 0 Å². The summed E-state index contributed by atoms with van der Waals surface area (Å²) in [6.45, 7) is 4.19. The number of aromatic nitrogens is 1. The maximum absolute atomic E-state index is 4.33. The van der Waals surface area contributed by atoms with E-state index < -0.39 is 0 Å². The van der Waals surface area contributed by atoms with Crippen LogP contribution in [-0.4, -0.2) is 4.98 Å². The Kier molecular flexibility index (Phi) is 2.32. The summed E-state index contributed by atoms with van der Waals surface area (Å²) in [5.41, 5.74) is 3.63. The van der Waals surface area contributed by atoms with E-state index in [1.54, 1.807) is 0 Å². The van der Waals surface area contributed by atoms with Crippen molar-refractivity contribution < 1.29 is 0 Å². The van der Waals surface area contributed by atoms with Crippen LogP contribution < -0.4 is 0 Å². The summed E-state index contributed by atoms with van der Waals surface area (Å²) in [7, 11) is 0. The van der Waals surface area contributed by atoms with Crippen molar-refractivity contribution in [1.29, 1.82) is 0 Å². The van der Waals surface area contributed by atoms with Crippen LogP contribution in [0.1, 0.15) is 19.4 Å². The molecule has 2 rings (SSSR count). The molecule has 70 valence electrons. The largest absolute Gasteiger partial charge is 0.256 e. The van der Waals surface area contributed by atoms with E-state index in [1.807, 2.05) is 18.3 Å². The fourth-order valence-electron chi connectivity index (χ4n) is 1.60. The zero-order chi connectivity index (χ0) is 9.97. The summed E-state index contributed by atoms with van der Waals surface area (Å²) in [5.74, 6) is 0. The quantitative estimate of drug-likeness (QED) is 0.657. The number of fused-ring (bicyclic) bond motifs is 1. The molecule has 14 heavy (non-hydrogen) atoms. The Hall–Kier alpha value is -1.63. The van der Waals surface area contributed by atoms with Gasteiger partial charge in [-0.05, 0) is 37.1 Å². The Morgan fingerprint density at radius 1 is 1.21 bits per heavy atom. The van der Waals surface area contributed by atoms with Crippen molar-refractivity contribution >= 4 is 16.5 Å². The molecule has 1 nitrogen and oxygen atoms in total. The standard InChI is InChI=1S/C13H13N/c1-3-10(2)11-6-4-8-13-12(11)7-5-9-14-13/h3-9H,1-2H3. The average Bonchev–Trinajstić information content (AvgIpc) is 2.27. The minimum atomic E-state index is 1.06. The molecule has 0 unspecified atom stereocenters. The second-order valence-electron chi connectivity index (χ2n) is 3.35. The number of rotatable bonds is 1. The van der Waals surface area contributed by atoms with E-state index in [1.165, 1.54) is 16.5 Å². The van der Waals surface area contributed by atoms with E-state index in [0.717, 1.165) is 5.52 Å². The van der Waals surface area contributed by atoms with Crippen molar-refractivity contribution in [3.8, 4) is 0 Å². The summed E-state index contributed by atoms with van der Waals surface area (Å²) in [5, 5.41) is 1.23. The summed E-state index contributed by atoms with van der Waals surface area (Å²) >= 11 is 0. The molecule has 0 saturated carbocycles. The summed E-state index contributed by atoms with van der Waals surface area (Å²) in [4.78, 5) is 4.33. The van der Waals surface area contributed by atoms with E-state index in [0.29, 0.717) is 0 Å². The molecule has 0 saturated heterocycles. The maximum Gasteiger partial charge on any atom is 0.0708 e. The minimum Gasteiger partial charge on any atom is -0.256 e. The van der Waals surface area contributed by atoms with Gasteiger partial charge >= 0.3 is 0 Å². The summed E-state index contributed by atoms with van der Waals surface area (Å²) in [6.07, 6.45) is 3.96. The lowest BCUT2D eigenvalue weighted by atomic mass is 10.0. The topological polar surface area (TPSA) is 12.9 Å². The van der Waals surface area contributed by atoms with Crippen molar-refractivity contribution in [2.24, 2.45) is 0 Å². The molecule has 0 aliphatic heterocycles. The van der Waals surface area contributed by atoms with Gasteiger partial charge in [0.1, 0.15) is 0 Å². The monoisotopic (exact) mass is 183 g/mol. The summed E-state index contributed by atoms with van der Waals surface area (Å²) in [6, 6.07) is 10.3. The van der Waals surface area contributed by atoms with Crippen LogP contribution in [0.5, 0.6) is 0 Å². The molecule has 2 aromatic rings. The van der Waals surface area contributed by atoms with Gasteiger partial charge in [0.2, 0.25) is 0 Å². The Balaban J connectivity index is 2.77. The van der Waals surface area contributed by atoms with E-state index in [4.69, 9.17) is 0 Å². The second kappa shape index (κ2) is 3.62. The number of hydrogen-bond donors (Lipinski definition) is 0. The van der Waals surface area contributed by atoms with Gasteiger partial charge in [0.25, 0.3) is 0 Å². The van der Waals surface area contributed by atoms with Crippen LogP contribution in [0, 0.1) is 0 Å². The van der Waals surface area contributed by atoms with Gasteiger partial charge < -0.3 is 0 Å². The molecular formula is C13H13N. The smallest absolute Gasteiger partial charge is 0.0708 e. The number of allylic oxidation sites excluding steroid dienone is 2. The lowest BCUT2D eigenvalue weighted by Gasteiger charge is -2.05. The fraction of sp³-hybridized carbons (Fsp3) is 0.154. The van der Waals surface area contributed by atoms with Gasteiger partial charge in [0.05, 0.1) is 5.52 Å². The maximum atomic E-state index is 4.33. The lowest BCUT2D eigenvalue weighted by molar-refractivity contribution is 1.40. The van der Waals surface area contributed by atoms with Crippen LogP contribution in [0.2, 0.25) is 0 Å². The SMILES string of the molecule is CC=C(C)c1cccc2ncccc12. The number of benzene rings is 1. The van der Waals surface area contributed by atoms with Crippen molar-refractivity contribution in [2.75, 3.05) is 0 Å². The predicted octanol–water partition coefficient (Wildman–Crippen LogP) is 3.66. The Bertz CT molecular complexity index is 478. The van der Waals surface area contributed by atoms with Gasteiger partial charge in [-0.25, -0.2) is 0 Å². The van der Waals surface area contributed by atoms with Gasteiger partial charge in [-0.1, -0.05) is 24.3 Å². The Labute approximate surface area is 84.1 Å². The predicted molar refractivity (Wildman–Crippen MR) is 61.1 cm³/mol. The third-order valence-electron chi connectivity index (χ3n) is 2.50. The van der Waals surface area contributed by atoms with Crippen molar-refractivity contribution in [1.82, 2.24) is 4.98 Å². The van der Waals surface area contributed by atoms with Crippen molar-refractivity contribution in [3.05, 3.63) is 48.2 Å². The molecule has 0 N–H and O–H groups in total. The van der Waals surface area contributed by atoms with Gasteiger partial charge in [0, 0.05) is 11.6 Å². The van der Waals surface area contributed by atoms with E-state index in [9.17, 15) is 0 Å². The Morgan fingerprint density at radius 2 is 2.07 bits per heavy atom. The molecular weight excluding hydrogens is 170 g/mol. The van der Waals surface area contributed by atoms with Crippen molar-refractivity contribution in [3.63, 3.8) is 0 Å². The molecule has 1 aromatic carbocycles. The summed E-state index contributed by atoms with van der Waals surface area (Å²) < 4.78 is 0. The normalized spacial score (nSPS) is 12.0. The highest BCUT2D eigenvalue weighted by atomic mass is 14.6. The lowest BCUT2D eigenvalue weighted by Crippen LogP contribution is -1.84. The average molecular weight is 183 g/mol. The van der Waals surface area contributed by atoms with Crippen LogP contribution in [-0.2, 0) is 0 Å². The van der Waals surface area contributed by atoms with Crippen LogP contribution in [0.25, 0.3) is 16.5 Å². The molecule has 0 spiro atoms. The van der Waals surface area contributed by atoms with Gasteiger partial charge in [0.15, 0.2) is 0 Å². The molecule has 1 heteroatoms. The third kappa shape index (κ3) is 1.41. The van der Waals surface area contributed by atoms with Crippen LogP contribution >= 0.6 is 0 Å². The number of hydrogen-bond acceptors (Lipinski definition) is 1. The highest BCUT2D eigenvalue weighted by molar-refractivity contribution is 5.90.